The zero-order valence-electron chi connectivity index (χ0n) is 12.9. The number of aromatic nitrogens is 2. The van der Waals surface area contributed by atoms with Crippen molar-refractivity contribution >= 4 is 0 Å². The molecule has 1 aromatic rings. The Kier molecular flexibility index (Phi) is 5.23. The number of hydrogen-bond donors (Lipinski definition) is 0. The summed E-state index contributed by atoms with van der Waals surface area (Å²) in [5.74, 6) is 0. The van der Waals surface area contributed by atoms with Crippen LogP contribution in [-0.4, -0.2) is 9.78 Å². The zero-order chi connectivity index (χ0) is 14.4. The molecule has 110 valence electrons. The van der Waals surface area contributed by atoms with Crippen LogP contribution in [0.3, 0.4) is 0 Å². The van der Waals surface area contributed by atoms with E-state index in [1.54, 1.807) is 0 Å². The van der Waals surface area contributed by atoms with Crippen LogP contribution >= 0.6 is 0 Å². The first-order valence-corrected chi connectivity index (χ1v) is 8.18. The topological polar surface area (TPSA) is 41.6 Å². The molecular weight excluding hydrogens is 246 g/mol. The highest BCUT2D eigenvalue weighted by molar-refractivity contribution is 5.11. The summed E-state index contributed by atoms with van der Waals surface area (Å²) in [7, 11) is 0. The average molecular weight is 273 g/mol. The van der Waals surface area contributed by atoms with E-state index in [0.29, 0.717) is 6.04 Å². The zero-order valence-corrected chi connectivity index (χ0v) is 12.9. The molecule has 0 aromatic carbocycles. The number of rotatable bonds is 5. The van der Waals surface area contributed by atoms with Crippen LogP contribution in [-0.2, 0) is 6.42 Å². The first-order chi connectivity index (χ1) is 9.73. The van der Waals surface area contributed by atoms with E-state index in [1.165, 1.54) is 25.7 Å². The quantitative estimate of drug-likeness (QED) is 0.733. The van der Waals surface area contributed by atoms with E-state index in [0.717, 1.165) is 37.8 Å². The second-order valence-electron chi connectivity index (χ2n) is 6.24. The largest absolute Gasteiger partial charge is 0.269 e. The minimum Gasteiger partial charge on any atom is -0.269 e. The molecule has 3 heteroatoms. The number of nitrogens with zero attached hydrogens (tertiary/aromatic N) is 3. The molecule has 3 nitrogen and oxygen atoms in total. The highest BCUT2D eigenvalue weighted by atomic mass is 15.3. The Labute approximate surface area is 123 Å². The first-order valence-electron chi connectivity index (χ1n) is 8.18. The summed E-state index contributed by atoms with van der Waals surface area (Å²) in [6, 6.07) is 5.23. The third-order valence-electron chi connectivity index (χ3n) is 4.80. The van der Waals surface area contributed by atoms with E-state index in [4.69, 9.17) is 5.10 Å². The molecular formula is C17H27N3. The van der Waals surface area contributed by atoms with E-state index in [9.17, 15) is 5.26 Å². The van der Waals surface area contributed by atoms with Gasteiger partial charge in [0.15, 0.2) is 0 Å². The molecule has 0 amide bonds. The van der Waals surface area contributed by atoms with Gasteiger partial charge in [0.25, 0.3) is 0 Å². The van der Waals surface area contributed by atoms with Gasteiger partial charge in [0.2, 0.25) is 0 Å². The van der Waals surface area contributed by atoms with Crippen molar-refractivity contribution in [2.45, 2.75) is 77.7 Å². The molecule has 1 aliphatic rings. The normalized spacial score (nSPS) is 18.7. The standard InChI is InChI=1S/C17H27N3/c1-3-16(4-2)20-12-9-15(19-20)13-17(14-18)10-7-5-6-8-11-17/h9,12,16H,3-8,10-11,13H2,1-2H3. The molecule has 0 bridgehead atoms. The third kappa shape index (κ3) is 3.42. The van der Waals surface area contributed by atoms with Gasteiger partial charge < -0.3 is 0 Å². The molecule has 0 N–H and O–H groups in total. The van der Waals surface area contributed by atoms with Crippen molar-refractivity contribution in [1.29, 1.82) is 5.26 Å². The van der Waals surface area contributed by atoms with E-state index in [1.807, 2.05) is 0 Å². The molecule has 0 radical (unpaired) electrons. The van der Waals surface area contributed by atoms with Gasteiger partial charge in [0.05, 0.1) is 23.2 Å². The first kappa shape index (κ1) is 15.1. The molecule has 20 heavy (non-hydrogen) atoms. The maximum Gasteiger partial charge on any atom is 0.0693 e. The number of nitriles is 1. The van der Waals surface area contributed by atoms with E-state index >= 15 is 0 Å². The fourth-order valence-electron chi connectivity index (χ4n) is 3.42. The molecule has 1 aliphatic carbocycles. The highest BCUT2D eigenvalue weighted by Crippen LogP contribution is 2.37. The van der Waals surface area contributed by atoms with Gasteiger partial charge in [-0.2, -0.15) is 10.4 Å². The van der Waals surface area contributed by atoms with E-state index < -0.39 is 0 Å². The molecule has 0 aliphatic heterocycles. The molecule has 0 atom stereocenters. The van der Waals surface area contributed by atoms with Crippen molar-refractivity contribution in [1.82, 2.24) is 9.78 Å². The molecule has 1 saturated carbocycles. The monoisotopic (exact) mass is 273 g/mol. The highest BCUT2D eigenvalue weighted by Gasteiger charge is 2.32. The summed E-state index contributed by atoms with van der Waals surface area (Å²) < 4.78 is 2.09. The van der Waals surface area contributed by atoms with Gasteiger partial charge in [-0.15, -0.1) is 0 Å². The predicted octanol–water partition coefficient (Wildman–Crippen LogP) is 4.65. The van der Waals surface area contributed by atoms with Crippen LogP contribution in [0.5, 0.6) is 0 Å². The van der Waals surface area contributed by atoms with Crippen LogP contribution < -0.4 is 0 Å². The smallest absolute Gasteiger partial charge is 0.0693 e. The van der Waals surface area contributed by atoms with Crippen molar-refractivity contribution < 1.29 is 0 Å². The van der Waals surface area contributed by atoms with Crippen LogP contribution in [0.2, 0.25) is 0 Å². The van der Waals surface area contributed by atoms with E-state index in [-0.39, 0.29) is 5.41 Å². The van der Waals surface area contributed by atoms with Gasteiger partial charge in [0.1, 0.15) is 0 Å². The Morgan fingerprint density at radius 3 is 2.45 bits per heavy atom. The van der Waals surface area contributed by atoms with Crippen LogP contribution in [0.1, 0.15) is 76.9 Å². The van der Waals surface area contributed by atoms with Gasteiger partial charge in [-0.05, 0) is 31.7 Å². The predicted molar refractivity (Wildman–Crippen MR) is 81.3 cm³/mol. The summed E-state index contributed by atoms with van der Waals surface area (Å²) in [5, 5.41) is 14.4. The molecule has 1 aromatic heterocycles. The minimum atomic E-state index is -0.163. The molecule has 2 rings (SSSR count). The lowest BCUT2D eigenvalue weighted by atomic mass is 9.78. The second kappa shape index (κ2) is 6.92. The summed E-state index contributed by atoms with van der Waals surface area (Å²) in [6.45, 7) is 4.41. The Bertz CT molecular complexity index is 443. The van der Waals surface area contributed by atoms with Gasteiger partial charge in [0, 0.05) is 12.6 Å². The van der Waals surface area contributed by atoms with Crippen LogP contribution in [0.4, 0.5) is 0 Å². The Morgan fingerprint density at radius 2 is 1.90 bits per heavy atom. The van der Waals surface area contributed by atoms with Gasteiger partial charge in [-0.1, -0.05) is 39.5 Å². The maximum absolute atomic E-state index is 9.65. The summed E-state index contributed by atoms with van der Waals surface area (Å²) >= 11 is 0. The lowest BCUT2D eigenvalue weighted by Gasteiger charge is -2.23. The molecule has 1 fully saturated rings. The lowest BCUT2D eigenvalue weighted by molar-refractivity contribution is 0.332. The molecule has 0 spiro atoms. The number of hydrogen-bond acceptors (Lipinski definition) is 2. The molecule has 0 saturated heterocycles. The van der Waals surface area contributed by atoms with Crippen molar-refractivity contribution in [2.75, 3.05) is 0 Å². The van der Waals surface area contributed by atoms with Crippen LogP contribution in [0, 0.1) is 16.7 Å². The van der Waals surface area contributed by atoms with Crippen molar-refractivity contribution in [3.63, 3.8) is 0 Å². The minimum absolute atomic E-state index is 0.163. The maximum atomic E-state index is 9.65. The molecule has 0 unspecified atom stereocenters. The average Bonchev–Trinajstić information content (AvgIpc) is 2.78. The lowest BCUT2D eigenvalue weighted by Crippen LogP contribution is -2.21. The SMILES string of the molecule is CCC(CC)n1ccc(CC2(C#N)CCCCCC2)n1. The summed E-state index contributed by atoms with van der Waals surface area (Å²) in [4.78, 5) is 0. The van der Waals surface area contributed by atoms with Crippen LogP contribution in [0.25, 0.3) is 0 Å². The molecule has 1 heterocycles. The Morgan fingerprint density at radius 1 is 1.25 bits per heavy atom. The second-order valence-corrected chi connectivity index (χ2v) is 6.24. The van der Waals surface area contributed by atoms with Crippen molar-refractivity contribution in [2.24, 2.45) is 5.41 Å². The van der Waals surface area contributed by atoms with Crippen LogP contribution in [0.15, 0.2) is 12.3 Å². The van der Waals surface area contributed by atoms with Gasteiger partial charge in [-0.25, -0.2) is 0 Å². The Balaban J connectivity index is 2.10. The van der Waals surface area contributed by atoms with E-state index in [2.05, 4.69) is 36.9 Å². The fraction of sp³-hybridized carbons (Fsp3) is 0.765. The van der Waals surface area contributed by atoms with Crippen molar-refractivity contribution in [3.8, 4) is 6.07 Å². The van der Waals surface area contributed by atoms with Gasteiger partial charge >= 0.3 is 0 Å². The summed E-state index contributed by atoms with van der Waals surface area (Å²) in [5.41, 5.74) is 0.934. The van der Waals surface area contributed by atoms with Gasteiger partial charge in [-0.3, -0.25) is 4.68 Å². The fourth-order valence-corrected chi connectivity index (χ4v) is 3.42. The summed E-state index contributed by atoms with van der Waals surface area (Å²) in [6.07, 6.45) is 12.2. The third-order valence-corrected chi connectivity index (χ3v) is 4.80. The van der Waals surface area contributed by atoms with Crippen molar-refractivity contribution in [3.05, 3.63) is 18.0 Å². The Hall–Kier alpha value is -1.30.